The highest BCUT2D eigenvalue weighted by molar-refractivity contribution is 7.18. The van der Waals surface area contributed by atoms with Crippen molar-refractivity contribution in [3.63, 3.8) is 0 Å². The Bertz CT molecular complexity index is 1160. The van der Waals surface area contributed by atoms with Crippen LogP contribution >= 0.6 is 11.3 Å². The van der Waals surface area contributed by atoms with Gasteiger partial charge in [0.15, 0.2) is 17.5 Å². The van der Waals surface area contributed by atoms with Crippen molar-refractivity contribution in [2.75, 3.05) is 18.0 Å². The number of thiazole rings is 1. The second-order valence-corrected chi connectivity index (χ2v) is 8.87. The Hall–Kier alpha value is -3.34. The molecule has 0 atom stereocenters. The number of ketones is 1. The van der Waals surface area contributed by atoms with E-state index in [4.69, 9.17) is 9.84 Å². The van der Waals surface area contributed by atoms with Crippen molar-refractivity contribution in [3.05, 3.63) is 35.5 Å². The third-order valence-corrected chi connectivity index (χ3v) is 6.77. The molecule has 5 rings (SSSR count). The monoisotopic (exact) mass is 440 g/mol. The van der Waals surface area contributed by atoms with E-state index in [1.807, 2.05) is 25.1 Å². The number of tetrazole rings is 1. The van der Waals surface area contributed by atoms with E-state index in [-0.39, 0.29) is 12.3 Å². The summed E-state index contributed by atoms with van der Waals surface area (Å²) in [6, 6.07) is 5.74. The molecule has 2 aliphatic heterocycles. The summed E-state index contributed by atoms with van der Waals surface area (Å²) < 4.78 is 6.36. The standard InChI is InChI=1S/C20H20N6O4S/c1-12-3-2-4-14-17(12)13(27)9-20(30-14)5-7-25(8-6-20)19-21-10-15(31-19)18-22-24-26(23-18)11-16(28)29/h2-4,10H,5-9,11H2,1H3,(H,28,29). The first-order valence-corrected chi connectivity index (χ1v) is 10.8. The van der Waals surface area contributed by atoms with Gasteiger partial charge in [-0.05, 0) is 23.8 Å². The minimum Gasteiger partial charge on any atom is -0.486 e. The zero-order valence-corrected chi connectivity index (χ0v) is 17.6. The molecular formula is C20H20N6O4S. The van der Waals surface area contributed by atoms with Crippen LogP contribution in [0.25, 0.3) is 10.7 Å². The molecule has 2 aliphatic rings. The fraction of sp³-hybridized carbons (Fsp3) is 0.400. The number of carbonyl (C=O) groups excluding carboxylic acids is 1. The summed E-state index contributed by atoms with van der Waals surface area (Å²) >= 11 is 1.43. The Morgan fingerprint density at radius 1 is 1.32 bits per heavy atom. The molecular weight excluding hydrogens is 420 g/mol. The minimum atomic E-state index is -1.03. The van der Waals surface area contributed by atoms with Gasteiger partial charge in [-0.15, -0.1) is 10.2 Å². The molecule has 2 aromatic heterocycles. The van der Waals surface area contributed by atoms with E-state index < -0.39 is 11.6 Å². The van der Waals surface area contributed by atoms with E-state index in [1.54, 1.807) is 6.20 Å². The number of carbonyl (C=O) groups is 2. The lowest BCUT2D eigenvalue weighted by atomic mass is 9.81. The summed E-state index contributed by atoms with van der Waals surface area (Å²) in [5.74, 6) is 0.167. The van der Waals surface area contributed by atoms with Crippen molar-refractivity contribution in [2.24, 2.45) is 0 Å². The predicted molar refractivity (Wildman–Crippen MR) is 111 cm³/mol. The van der Waals surface area contributed by atoms with Crippen molar-refractivity contribution in [3.8, 4) is 16.5 Å². The Morgan fingerprint density at radius 3 is 2.90 bits per heavy atom. The van der Waals surface area contributed by atoms with Crippen LogP contribution in [-0.2, 0) is 11.3 Å². The first-order chi connectivity index (χ1) is 14.9. The number of carboxylic acids is 1. The number of fused-ring (bicyclic) bond motifs is 1. The highest BCUT2D eigenvalue weighted by Crippen LogP contribution is 2.41. The number of aromatic nitrogens is 5. The number of benzene rings is 1. The Morgan fingerprint density at radius 2 is 2.13 bits per heavy atom. The van der Waals surface area contributed by atoms with Crippen LogP contribution < -0.4 is 9.64 Å². The minimum absolute atomic E-state index is 0.153. The fourth-order valence-electron chi connectivity index (χ4n) is 4.16. The van der Waals surface area contributed by atoms with Gasteiger partial charge in [-0.25, -0.2) is 4.98 Å². The lowest BCUT2D eigenvalue weighted by molar-refractivity contribution is -0.138. The van der Waals surface area contributed by atoms with Gasteiger partial charge in [-0.2, -0.15) is 4.80 Å². The smallest absolute Gasteiger partial charge is 0.327 e. The summed E-state index contributed by atoms with van der Waals surface area (Å²) in [6.45, 7) is 3.05. The molecule has 0 bridgehead atoms. The van der Waals surface area contributed by atoms with E-state index in [2.05, 4.69) is 25.3 Å². The molecule has 1 spiro atoms. The normalized spacial score (nSPS) is 17.5. The number of Topliss-reactive ketones (excluding diaryl/α,β-unsaturated/α-hetero) is 1. The van der Waals surface area contributed by atoms with Crippen LogP contribution in [0.3, 0.4) is 0 Å². The van der Waals surface area contributed by atoms with Crippen LogP contribution in [0.4, 0.5) is 5.13 Å². The maximum Gasteiger partial charge on any atom is 0.327 e. The van der Waals surface area contributed by atoms with Gasteiger partial charge < -0.3 is 14.7 Å². The second-order valence-electron chi connectivity index (χ2n) is 7.86. The average molecular weight is 440 g/mol. The first kappa shape index (κ1) is 19.6. The Balaban J connectivity index is 1.28. The number of nitrogens with zero attached hydrogens (tertiary/aromatic N) is 6. The maximum atomic E-state index is 12.8. The zero-order chi connectivity index (χ0) is 21.6. The fourth-order valence-corrected chi connectivity index (χ4v) is 5.05. The quantitative estimate of drug-likeness (QED) is 0.650. The van der Waals surface area contributed by atoms with Crippen molar-refractivity contribution in [2.45, 2.75) is 38.3 Å². The van der Waals surface area contributed by atoms with Crippen LogP contribution in [-0.4, -0.2) is 60.7 Å². The number of ether oxygens (including phenoxy) is 1. The van der Waals surface area contributed by atoms with E-state index in [1.165, 1.54) is 11.3 Å². The summed E-state index contributed by atoms with van der Waals surface area (Å²) in [7, 11) is 0. The molecule has 0 amide bonds. The van der Waals surface area contributed by atoms with E-state index in [0.29, 0.717) is 23.6 Å². The Labute approximate surface area is 181 Å². The van der Waals surface area contributed by atoms with Gasteiger partial charge in [0.1, 0.15) is 11.4 Å². The molecule has 160 valence electrons. The first-order valence-electron chi connectivity index (χ1n) is 9.95. The van der Waals surface area contributed by atoms with Crippen LogP contribution in [0.5, 0.6) is 5.75 Å². The van der Waals surface area contributed by atoms with Crippen molar-refractivity contribution < 1.29 is 19.4 Å². The lowest BCUT2D eigenvalue weighted by Gasteiger charge is -2.44. The number of piperidine rings is 1. The SMILES string of the molecule is Cc1cccc2c1C(=O)CC1(CCN(c3ncc(-c4nnn(CC(=O)O)n4)s3)CC1)O2. The topological polar surface area (TPSA) is 123 Å². The summed E-state index contributed by atoms with van der Waals surface area (Å²) in [5, 5.41) is 21.4. The molecule has 1 aromatic carbocycles. The van der Waals surface area contributed by atoms with Gasteiger partial charge in [-0.3, -0.25) is 9.59 Å². The third kappa shape index (κ3) is 3.65. The van der Waals surface area contributed by atoms with Crippen LogP contribution in [0.1, 0.15) is 35.2 Å². The van der Waals surface area contributed by atoms with Gasteiger partial charge >= 0.3 is 5.97 Å². The summed E-state index contributed by atoms with van der Waals surface area (Å²) in [6.07, 6.45) is 3.53. The summed E-state index contributed by atoms with van der Waals surface area (Å²) in [4.78, 5) is 32.0. The molecule has 0 saturated carbocycles. The Kier molecular flexibility index (Phi) is 4.69. The van der Waals surface area contributed by atoms with Crippen molar-refractivity contribution in [1.29, 1.82) is 0 Å². The average Bonchev–Trinajstić information content (AvgIpc) is 3.37. The van der Waals surface area contributed by atoms with E-state index in [9.17, 15) is 9.59 Å². The molecule has 4 heterocycles. The van der Waals surface area contributed by atoms with Gasteiger partial charge in [0.2, 0.25) is 5.82 Å². The predicted octanol–water partition coefficient (Wildman–Crippen LogP) is 2.19. The largest absolute Gasteiger partial charge is 0.486 e. The van der Waals surface area contributed by atoms with Crippen LogP contribution in [0.15, 0.2) is 24.4 Å². The maximum absolute atomic E-state index is 12.8. The van der Waals surface area contributed by atoms with Gasteiger partial charge in [0.05, 0.1) is 23.1 Å². The highest BCUT2D eigenvalue weighted by Gasteiger charge is 2.43. The number of aliphatic carboxylic acids is 1. The number of hydrogen-bond donors (Lipinski definition) is 1. The number of anilines is 1. The van der Waals surface area contributed by atoms with Crippen LogP contribution in [0.2, 0.25) is 0 Å². The van der Waals surface area contributed by atoms with E-state index in [0.717, 1.165) is 46.3 Å². The number of hydrogen-bond acceptors (Lipinski definition) is 9. The molecule has 1 saturated heterocycles. The van der Waals surface area contributed by atoms with Crippen molar-refractivity contribution in [1.82, 2.24) is 25.2 Å². The number of carboxylic acid groups (broad SMARTS) is 1. The second kappa shape index (κ2) is 7.41. The van der Waals surface area contributed by atoms with Gasteiger partial charge in [0.25, 0.3) is 0 Å². The molecule has 1 N–H and O–H groups in total. The molecule has 3 aromatic rings. The third-order valence-electron chi connectivity index (χ3n) is 5.71. The van der Waals surface area contributed by atoms with E-state index >= 15 is 0 Å². The number of rotatable bonds is 4. The molecule has 0 aliphatic carbocycles. The molecule has 0 radical (unpaired) electrons. The zero-order valence-electron chi connectivity index (χ0n) is 16.8. The molecule has 1 fully saturated rings. The number of aryl methyl sites for hydroxylation is 1. The molecule has 10 nitrogen and oxygen atoms in total. The van der Waals surface area contributed by atoms with Gasteiger partial charge in [0, 0.05) is 25.9 Å². The van der Waals surface area contributed by atoms with Gasteiger partial charge in [-0.1, -0.05) is 23.5 Å². The van der Waals surface area contributed by atoms with Crippen LogP contribution in [0, 0.1) is 6.92 Å². The molecule has 0 unspecified atom stereocenters. The molecule has 11 heteroatoms. The lowest BCUT2D eigenvalue weighted by Crippen LogP contribution is -2.51. The highest BCUT2D eigenvalue weighted by atomic mass is 32.1. The van der Waals surface area contributed by atoms with Crippen molar-refractivity contribution >= 4 is 28.2 Å². The summed E-state index contributed by atoms with van der Waals surface area (Å²) in [5.41, 5.74) is 1.21. The molecule has 31 heavy (non-hydrogen) atoms.